The van der Waals surface area contributed by atoms with Gasteiger partial charge in [0.05, 0.1) is 5.56 Å². The Morgan fingerprint density at radius 2 is 1.55 bits per heavy atom. The van der Waals surface area contributed by atoms with Gasteiger partial charge in [0.2, 0.25) is 0 Å². The van der Waals surface area contributed by atoms with E-state index in [4.69, 9.17) is 13.3 Å². The molecule has 0 heterocycles. The third kappa shape index (κ3) is 4.59. The zero-order chi connectivity index (χ0) is 15.4. The summed E-state index contributed by atoms with van der Waals surface area (Å²) in [4.78, 5) is 0. The van der Waals surface area contributed by atoms with Gasteiger partial charge >= 0.3 is 15.0 Å². The molecule has 1 aromatic carbocycles. The van der Waals surface area contributed by atoms with Gasteiger partial charge in [-0.15, -0.1) is 0 Å². The Morgan fingerprint density at radius 1 is 1.05 bits per heavy atom. The van der Waals surface area contributed by atoms with Crippen LogP contribution in [0, 0.1) is 0 Å². The Labute approximate surface area is 118 Å². The maximum Gasteiger partial charge on any atom is 0.505 e. The van der Waals surface area contributed by atoms with Crippen LogP contribution in [0.4, 0.5) is 13.2 Å². The van der Waals surface area contributed by atoms with Crippen LogP contribution in [0.25, 0.3) is 0 Å². The van der Waals surface area contributed by atoms with E-state index in [0.29, 0.717) is 11.6 Å². The Kier molecular flexibility index (Phi) is 5.75. The summed E-state index contributed by atoms with van der Waals surface area (Å²) in [6.45, 7) is 3.71. The van der Waals surface area contributed by atoms with E-state index in [1.165, 1.54) is 26.4 Å². The zero-order valence-corrected chi connectivity index (χ0v) is 13.0. The molecule has 0 saturated carbocycles. The summed E-state index contributed by atoms with van der Waals surface area (Å²) >= 11 is 0. The minimum atomic E-state index is -4.33. The van der Waals surface area contributed by atoms with Gasteiger partial charge in [-0.05, 0) is 31.5 Å². The molecule has 0 bridgehead atoms. The van der Waals surface area contributed by atoms with E-state index in [9.17, 15) is 13.2 Å². The van der Waals surface area contributed by atoms with Crippen LogP contribution in [0.15, 0.2) is 24.3 Å². The lowest BCUT2D eigenvalue weighted by Crippen LogP contribution is -2.48. The number of alkyl halides is 3. The molecule has 3 nitrogen and oxygen atoms in total. The lowest BCUT2D eigenvalue weighted by Gasteiger charge is -2.28. The number of benzene rings is 1. The smallest absolute Gasteiger partial charge is 0.377 e. The fourth-order valence-corrected chi connectivity index (χ4v) is 3.97. The van der Waals surface area contributed by atoms with Crippen molar-refractivity contribution in [3.05, 3.63) is 35.4 Å². The topological polar surface area (TPSA) is 27.7 Å². The number of hydrogen-bond donors (Lipinski definition) is 0. The van der Waals surface area contributed by atoms with E-state index in [1.807, 2.05) is 13.8 Å². The van der Waals surface area contributed by atoms with E-state index in [2.05, 4.69) is 0 Å². The van der Waals surface area contributed by atoms with Gasteiger partial charge < -0.3 is 13.3 Å². The van der Waals surface area contributed by atoms with E-state index in [-0.39, 0.29) is 6.10 Å². The molecular formula is C13H19F3O3Si. The Bertz CT molecular complexity index is 414. The van der Waals surface area contributed by atoms with Crippen molar-refractivity contribution in [2.45, 2.75) is 32.2 Å². The standard InChI is InChI=1S/C13H19F3O3Si/c1-10(2)19-20(17-3,18-4)9-11-5-7-12(8-6-11)13(14,15)16/h5-8,10H,9H2,1-4H3. The first-order valence-corrected chi connectivity index (χ1v) is 8.10. The van der Waals surface area contributed by atoms with Crippen molar-refractivity contribution in [3.8, 4) is 0 Å². The van der Waals surface area contributed by atoms with Crippen molar-refractivity contribution in [2.75, 3.05) is 14.2 Å². The van der Waals surface area contributed by atoms with Crippen LogP contribution in [0.5, 0.6) is 0 Å². The third-order valence-electron chi connectivity index (χ3n) is 2.74. The molecule has 0 aliphatic carbocycles. The zero-order valence-electron chi connectivity index (χ0n) is 12.0. The van der Waals surface area contributed by atoms with Crippen LogP contribution in [-0.4, -0.2) is 29.1 Å². The molecule has 7 heteroatoms. The van der Waals surface area contributed by atoms with Gasteiger partial charge in [0.25, 0.3) is 0 Å². The summed E-state index contributed by atoms with van der Waals surface area (Å²) in [6.07, 6.45) is -4.42. The van der Waals surface area contributed by atoms with Gasteiger partial charge in [0, 0.05) is 26.4 Å². The van der Waals surface area contributed by atoms with Crippen LogP contribution < -0.4 is 0 Å². The normalized spacial score (nSPS) is 13.0. The minimum Gasteiger partial charge on any atom is -0.377 e. The highest BCUT2D eigenvalue weighted by Crippen LogP contribution is 2.29. The molecule has 0 saturated heterocycles. The van der Waals surface area contributed by atoms with Gasteiger partial charge in [0.15, 0.2) is 0 Å². The minimum absolute atomic E-state index is 0.0870. The molecule has 0 atom stereocenters. The quantitative estimate of drug-likeness (QED) is 0.753. The summed E-state index contributed by atoms with van der Waals surface area (Å²) in [5.41, 5.74) is 0.0159. The van der Waals surface area contributed by atoms with Crippen LogP contribution in [0.1, 0.15) is 25.0 Å². The highest BCUT2D eigenvalue weighted by atomic mass is 28.4. The number of rotatable bonds is 6. The van der Waals surface area contributed by atoms with Gasteiger partial charge in [0.1, 0.15) is 0 Å². The van der Waals surface area contributed by atoms with Crippen molar-refractivity contribution >= 4 is 8.80 Å². The average molecular weight is 308 g/mol. The Hall–Kier alpha value is -0.893. The molecule has 114 valence electrons. The van der Waals surface area contributed by atoms with Gasteiger partial charge in [-0.25, -0.2) is 0 Å². The molecule has 0 fully saturated rings. The largest absolute Gasteiger partial charge is 0.505 e. The molecule has 0 aromatic heterocycles. The van der Waals surface area contributed by atoms with Crippen molar-refractivity contribution in [2.24, 2.45) is 0 Å². The number of hydrogen-bond acceptors (Lipinski definition) is 3. The SMILES string of the molecule is CO[Si](Cc1ccc(C(F)(F)F)cc1)(OC)OC(C)C. The van der Waals surface area contributed by atoms with Crippen LogP contribution in [0.2, 0.25) is 0 Å². The van der Waals surface area contributed by atoms with E-state index in [1.54, 1.807) is 0 Å². The molecule has 20 heavy (non-hydrogen) atoms. The van der Waals surface area contributed by atoms with E-state index < -0.39 is 20.5 Å². The molecule has 0 spiro atoms. The molecule has 0 radical (unpaired) electrons. The molecule has 1 rings (SSSR count). The second-order valence-corrected chi connectivity index (χ2v) is 7.40. The van der Waals surface area contributed by atoms with E-state index >= 15 is 0 Å². The maximum atomic E-state index is 12.5. The highest BCUT2D eigenvalue weighted by molar-refractivity contribution is 6.60. The van der Waals surface area contributed by atoms with Crippen LogP contribution in [-0.2, 0) is 25.5 Å². The Morgan fingerprint density at radius 3 is 1.90 bits per heavy atom. The molecule has 1 aromatic rings. The second-order valence-electron chi connectivity index (χ2n) is 4.63. The second kappa shape index (κ2) is 6.71. The van der Waals surface area contributed by atoms with Crippen molar-refractivity contribution in [1.82, 2.24) is 0 Å². The van der Waals surface area contributed by atoms with Gasteiger partial charge in [-0.2, -0.15) is 13.2 Å². The molecular weight excluding hydrogens is 289 g/mol. The van der Waals surface area contributed by atoms with Crippen molar-refractivity contribution in [3.63, 3.8) is 0 Å². The monoisotopic (exact) mass is 308 g/mol. The summed E-state index contributed by atoms with van der Waals surface area (Å²) in [5, 5.41) is 0. The van der Waals surface area contributed by atoms with Crippen LogP contribution in [0.3, 0.4) is 0 Å². The molecule has 0 N–H and O–H groups in total. The van der Waals surface area contributed by atoms with Crippen LogP contribution >= 0.6 is 0 Å². The molecule has 0 amide bonds. The predicted molar refractivity (Wildman–Crippen MR) is 71.1 cm³/mol. The first-order valence-electron chi connectivity index (χ1n) is 6.16. The fraction of sp³-hybridized carbons (Fsp3) is 0.538. The van der Waals surface area contributed by atoms with Crippen molar-refractivity contribution < 1.29 is 26.4 Å². The molecule has 0 aliphatic rings. The summed E-state index contributed by atoms with van der Waals surface area (Å²) < 4.78 is 53.9. The predicted octanol–water partition coefficient (Wildman–Crippen LogP) is 3.44. The summed E-state index contributed by atoms with van der Waals surface area (Å²) in [6, 6.07) is 5.28. The van der Waals surface area contributed by atoms with Gasteiger partial charge in [-0.1, -0.05) is 12.1 Å². The van der Waals surface area contributed by atoms with Crippen molar-refractivity contribution in [1.29, 1.82) is 0 Å². The first kappa shape index (κ1) is 17.2. The first-order chi connectivity index (χ1) is 9.22. The Balaban J connectivity index is 2.89. The molecule has 0 unspecified atom stereocenters. The summed E-state index contributed by atoms with van der Waals surface area (Å²) in [7, 11) is 0.0847. The van der Waals surface area contributed by atoms with E-state index in [0.717, 1.165) is 12.1 Å². The molecule has 0 aliphatic heterocycles. The average Bonchev–Trinajstić information content (AvgIpc) is 2.37. The third-order valence-corrected chi connectivity index (χ3v) is 5.65. The van der Waals surface area contributed by atoms with Gasteiger partial charge in [-0.3, -0.25) is 0 Å². The fourth-order valence-electron chi connectivity index (χ4n) is 1.79. The summed E-state index contributed by atoms with van der Waals surface area (Å²) in [5.74, 6) is 0. The number of halogens is 3. The highest BCUT2D eigenvalue weighted by Gasteiger charge is 2.40. The lowest BCUT2D eigenvalue weighted by molar-refractivity contribution is -0.137. The maximum absolute atomic E-state index is 12.5. The lowest BCUT2D eigenvalue weighted by atomic mass is 10.1.